The number of nitrogens with two attached hydrogens (primary N) is 1. The largest absolute Gasteiger partial charge is 0.366 e. The molecule has 2 N–H and O–H groups in total. The van der Waals surface area contributed by atoms with Crippen LogP contribution in [0.2, 0.25) is 0 Å². The van der Waals surface area contributed by atoms with Gasteiger partial charge in [-0.05, 0) is 67.6 Å². The molecule has 32 heavy (non-hydrogen) atoms. The Kier molecular flexibility index (Phi) is 5.73. The number of amides is 1. The average Bonchev–Trinajstić information content (AvgIpc) is 3.26. The molecule has 162 valence electrons. The van der Waals surface area contributed by atoms with Crippen molar-refractivity contribution in [2.75, 3.05) is 13.1 Å². The highest BCUT2D eigenvalue weighted by Crippen LogP contribution is 2.24. The number of carbonyl (C=O) groups excluding carboxylic acids is 1. The summed E-state index contributed by atoms with van der Waals surface area (Å²) >= 11 is 0. The standard InChI is InChI=1S/C27H28N4O/c28-27(32)25-8-4-7-23-19-31(29-26(23)25)24-11-9-22(10-12-24)18-30-15-13-21(14-16-30)17-20-5-2-1-3-6-20/h1-12,19,21H,13-18H2,(H2,28,32). The molecular weight excluding hydrogens is 396 g/mol. The van der Waals surface area contributed by atoms with Crippen LogP contribution in [-0.4, -0.2) is 33.7 Å². The van der Waals surface area contributed by atoms with Crippen LogP contribution in [0.3, 0.4) is 0 Å². The number of carbonyl (C=O) groups is 1. The average molecular weight is 425 g/mol. The summed E-state index contributed by atoms with van der Waals surface area (Å²) in [5.41, 5.74) is 10.3. The Balaban J connectivity index is 1.21. The lowest BCUT2D eigenvalue weighted by Gasteiger charge is -2.32. The molecule has 0 radical (unpaired) electrons. The molecule has 0 bridgehead atoms. The van der Waals surface area contributed by atoms with Crippen molar-refractivity contribution in [3.8, 4) is 5.69 Å². The summed E-state index contributed by atoms with van der Waals surface area (Å²) in [6.07, 6.45) is 5.65. The van der Waals surface area contributed by atoms with Crippen LogP contribution in [0.4, 0.5) is 0 Å². The molecular formula is C27H28N4O. The predicted octanol–water partition coefficient (Wildman–Crippen LogP) is 4.58. The van der Waals surface area contributed by atoms with Crippen LogP contribution in [-0.2, 0) is 13.0 Å². The molecule has 0 atom stereocenters. The number of primary amides is 1. The van der Waals surface area contributed by atoms with Crippen molar-refractivity contribution in [2.45, 2.75) is 25.8 Å². The van der Waals surface area contributed by atoms with Crippen molar-refractivity contribution in [3.63, 3.8) is 0 Å². The van der Waals surface area contributed by atoms with E-state index in [0.717, 1.165) is 36.6 Å². The normalized spacial score (nSPS) is 15.2. The summed E-state index contributed by atoms with van der Waals surface area (Å²) in [6, 6.07) is 24.9. The molecule has 1 amide bonds. The summed E-state index contributed by atoms with van der Waals surface area (Å²) < 4.78 is 1.82. The Bertz CT molecular complexity index is 1210. The molecule has 0 unspecified atom stereocenters. The second-order valence-electron chi connectivity index (χ2n) is 8.76. The van der Waals surface area contributed by atoms with Gasteiger partial charge in [0.2, 0.25) is 0 Å². The fraction of sp³-hybridized carbons (Fsp3) is 0.259. The van der Waals surface area contributed by atoms with E-state index in [1.807, 2.05) is 23.0 Å². The van der Waals surface area contributed by atoms with Gasteiger partial charge in [0.1, 0.15) is 5.52 Å². The van der Waals surface area contributed by atoms with Crippen LogP contribution in [0.15, 0.2) is 79.0 Å². The van der Waals surface area contributed by atoms with E-state index in [0.29, 0.717) is 11.1 Å². The Morgan fingerprint density at radius 2 is 1.66 bits per heavy atom. The van der Waals surface area contributed by atoms with Gasteiger partial charge in [-0.3, -0.25) is 9.69 Å². The van der Waals surface area contributed by atoms with Crippen molar-refractivity contribution in [2.24, 2.45) is 11.7 Å². The van der Waals surface area contributed by atoms with E-state index < -0.39 is 5.91 Å². The SMILES string of the molecule is NC(=O)c1cccc2cn(-c3ccc(CN4CCC(Cc5ccccc5)CC4)cc3)nc12. The van der Waals surface area contributed by atoms with E-state index in [1.165, 1.54) is 30.4 Å². The van der Waals surface area contributed by atoms with Crippen LogP contribution in [0, 0.1) is 5.92 Å². The van der Waals surface area contributed by atoms with Gasteiger partial charge in [0.25, 0.3) is 5.91 Å². The molecule has 2 heterocycles. The van der Waals surface area contributed by atoms with E-state index in [-0.39, 0.29) is 0 Å². The minimum Gasteiger partial charge on any atom is -0.366 e. The molecule has 1 fully saturated rings. The molecule has 1 saturated heterocycles. The minimum absolute atomic E-state index is 0.452. The molecule has 5 rings (SSSR count). The van der Waals surface area contributed by atoms with Crippen LogP contribution in [0.1, 0.15) is 34.3 Å². The fourth-order valence-electron chi connectivity index (χ4n) is 4.68. The van der Waals surface area contributed by atoms with Gasteiger partial charge < -0.3 is 5.73 Å². The summed E-state index contributed by atoms with van der Waals surface area (Å²) in [5, 5.41) is 5.50. The monoisotopic (exact) mass is 424 g/mol. The van der Waals surface area contributed by atoms with Crippen molar-refractivity contribution < 1.29 is 4.79 Å². The molecule has 3 aromatic carbocycles. The molecule has 0 saturated carbocycles. The molecule has 0 aliphatic carbocycles. The van der Waals surface area contributed by atoms with E-state index in [4.69, 9.17) is 5.73 Å². The number of nitrogens with zero attached hydrogens (tertiary/aromatic N) is 3. The Morgan fingerprint density at radius 3 is 2.38 bits per heavy atom. The van der Waals surface area contributed by atoms with Gasteiger partial charge in [-0.1, -0.05) is 54.6 Å². The van der Waals surface area contributed by atoms with Crippen LogP contribution in [0.25, 0.3) is 16.6 Å². The van der Waals surface area contributed by atoms with Crippen LogP contribution < -0.4 is 5.73 Å². The second-order valence-corrected chi connectivity index (χ2v) is 8.76. The third-order valence-electron chi connectivity index (χ3n) is 6.48. The van der Waals surface area contributed by atoms with Crippen molar-refractivity contribution in [3.05, 3.63) is 95.7 Å². The zero-order valence-corrected chi connectivity index (χ0v) is 18.2. The lowest BCUT2D eigenvalue weighted by molar-refractivity contribution is 0.100. The number of hydrogen-bond donors (Lipinski definition) is 1. The van der Waals surface area contributed by atoms with Crippen LogP contribution >= 0.6 is 0 Å². The summed E-state index contributed by atoms with van der Waals surface area (Å²) in [4.78, 5) is 14.2. The van der Waals surface area contributed by atoms with Crippen molar-refractivity contribution in [1.29, 1.82) is 0 Å². The Labute approximate surface area is 188 Å². The maximum atomic E-state index is 11.7. The first-order valence-corrected chi connectivity index (χ1v) is 11.3. The first-order valence-electron chi connectivity index (χ1n) is 11.3. The number of hydrogen-bond acceptors (Lipinski definition) is 3. The van der Waals surface area contributed by atoms with Gasteiger partial charge in [0.05, 0.1) is 11.3 Å². The third-order valence-corrected chi connectivity index (χ3v) is 6.48. The summed E-state index contributed by atoms with van der Waals surface area (Å²) in [6.45, 7) is 3.28. The molecule has 1 aliphatic rings. The third kappa shape index (κ3) is 4.43. The zero-order valence-electron chi connectivity index (χ0n) is 18.2. The smallest absolute Gasteiger partial charge is 0.250 e. The highest BCUT2D eigenvalue weighted by Gasteiger charge is 2.19. The molecule has 1 aromatic heterocycles. The predicted molar refractivity (Wildman–Crippen MR) is 128 cm³/mol. The lowest BCUT2D eigenvalue weighted by Crippen LogP contribution is -2.33. The second kappa shape index (κ2) is 8.97. The van der Waals surface area contributed by atoms with Crippen molar-refractivity contribution >= 4 is 16.8 Å². The van der Waals surface area contributed by atoms with E-state index in [1.54, 1.807) is 6.07 Å². The first-order chi connectivity index (χ1) is 15.7. The Hall–Kier alpha value is -3.44. The van der Waals surface area contributed by atoms with Gasteiger partial charge in [-0.2, -0.15) is 5.10 Å². The molecule has 4 aromatic rings. The molecule has 5 heteroatoms. The van der Waals surface area contributed by atoms with E-state index in [9.17, 15) is 4.79 Å². The summed E-state index contributed by atoms with van der Waals surface area (Å²) in [5.74, 6) is 0.332. The number of fused-ring (bicyclic) bond motifs is 1. The highest BCUT2D eigenvalue weighted by molar-refractivity contribution is 6.04. The summed E-state index contributed by atoms with van der Waals surface area (Å²) in [7, 11) is 0. The van der Waals surface area contributed by atoms with Gasteiger partial charge in [-0.25, -0.2) is 4.68 Å². The maximum absolute atomic E-state index is 11.7. The number of rotatable bonds is 6. The minimum atomic E-state index is -0.455. The van der Waals surface area contributed by atoms with Gasteiger partial charge in [-0.15, -0.1) is 0 Å². The Morgan fingerprint density at radius 1 is 0.906 bits per heavy atom. The lowest BCUT2D eigenvalue weighted by atomic mass is 9.90. The zero-order chi connectivity index (χ0) is 21.9. The number of likely N-dealkylation sites (tertiary alicyclic amines) is 1. The van der Waals surface area contributed by atoms with Crippen LogP contribution in [0.5, 0.6) is 0 Å². The number of aromatic nitrogens is 2. The first kappa shape index (κ1) is 20.5. The number of piperidine rings is 1. The van der Waals surface area contributed by atoms with Gasteiger partial charge >= 0.3 is 0 Å². The molecule has 5 nitrogen and oxygen atoms in total. The maximum Gasteiger partial charge on any atom is 0.250 e. The van der Waals surface area contributed by atoms with Crippen molar-refractivity contribution in [1.82, 2.24) is 14.7 Å². The number of benzene rings is 3. The topological polar surface area (TPSA) is 64.2 Å². The fourth-order valence-corrected chi connectivity index (χ4v) is 4.68. The van der Waals surface area contributed by atoms with E-state index >= 15 is 0 Å². The van der Waals surface area contributed by atoms with Gasteiger partial charge in [0, 0.05) is 18.1 Å². The van der Waals surface area contributed by atoms with Gasteiger partial charge in [0.15, 0.2) is 0 Å². The molecule has 1 aliphatic heterocycles. The highest BCUT2D eigenvalue weighted by atomic mass is 16.1. The van der Waals surface area contributed by atoms with E-state index in [2.05, 4.69) is 64.6 Å². The molecule has 0 spiro atoms. The quantitative estimate of drug-likeness (QED) is 0.493.